The van der Waals surface area contributed by atoms with Crippen LogP contribution in [-0.2, 0) is 4.79 Å². The molecule has 0 saturated carbocycles. The highest BCUT2D eigenvalue weighted by Crippen LogP contribution is 2.21. The van der Waals surface area contributed by atoms with Crippen molar-refractivity contribution in [3.63, 3.8) is 0 Å². The maximum Gasteiger partial charge on any atom is 0.301 e. The Kier molecular flexibility index (Phi) is 4.23. The zero-order chi connectivity index (χ0) is 18.0. The Morgan fingerprint density at radius 3 is 2.40 bits per heavy atom. The Hall–Kier alpha value is -3.59. The van der Waals surface area contributed by atoms with Crippen molar-refractivity contribution < 1.29 is 14.9 Å². The fourth-order valence-corrected chi connectivity index (χ4v) is 2.22. The molecule has 25 heavy (non-hydrogen) atoms. The van der Waals surface area contributed by atoms with Crippen LogP contribution in [-0.4, -0.2) is 27.5 Å². The van der Waals surface area contributed by atoms with E-state index < -0.39 is 10.8 Å². The van der Waals surface area contributed by atoms with Crippen LogP contribution in [0, 0.1) is 10.1 Å². The molecule has 1 N–H and O–H groups in total. The highest BCUT2D eigenvalue weighted by Gasteiger charge is 2.31. The minimum Gasteiger partial charge on any atom is -0.267 e. The van der Waals surface area contributed by atoms with E-state index in [1.165, 1.54) is 29.3 Å². The molecule has 1 heterocycles. The summed E-state index contributed by atoms with van der Waals surface area (Å²) in [5.74, 6) is -0.482. The summed E-state index contributed by atoms with van der Waals surface area (Å²) in [4.78, 5) is 22.6. The zero-order valence-electron chi connectivity index (χ0n) is 13.1. The number of carbonyl (C=O) groups excluding carboxylic acids is 1. The van der Waals surface area contributed by atoms with Crippen LogP contribution in [0.5, 0.6) is 0 Å². The Labute approximate surface area is 142 Å². The summed E-state index contributed by atoms with van der Waals surface area (Å²) in [5, 5.41) is 30.4. The number of rotatable bonds is 4. The molecule has 2 aromatic rings. The van der Waals surface area contributed by atoms with E-state index in [2.05, 4.69) is 10.2 Å². The number of hydrogen-bond acceptors (Lipinski definition) is 7. The summed E-state index contributed by atoms with van der Waals surface area (Å²) in [6.45, 7) is 1.60. The molecule has 0 spiro atoms. The normalized spacial score (nSPS) is 15.4. The van der Waals surface area contributed by atoms with Crippen molar-refractivity contribution >= 4 is 34.4 Å². The van der Waals surface area contributed by atoms with Gasteiger partial charge < -0.3 is 0 Å². The third-order valence-corrected chi connectivity index (χ3v) is 3.47. The lowest BCUT2D eigenvalue weighted by Gasteiger charge is -2.12. The van der Waals surface area contributed by atoms with E-state index >= 15 is 0 Å². The highest BCUT2D eigenvalue weighted by molar-refractivity contribution is 6.71. The van der Waals surface area contributed by atoms with Gasteiger partial charge in [0, 0.05) is 12.1 Å². The van der Waals surface area contributed by atoms with Crippen LogP contribution >= 0.6 is 0 Å². The molecule has 1 amide bonds. The first kappa shape index (κ1) is 16.3. The van der Waals surface area contributed by atoms with E-state index in [-0.39, 0.29) is 17.1 Å². The maximum atomic E-state index is 12.5. The summed E-state index contributed by atoms with van der Waals surface area (Å²) >= 11 is 0. The number of nitro groups is 1. The van der Waals surface area contributed by atoms with Gasteiger partial charge in [-0.3, -0.25) is 20.1 Å². The molecule has 0 atom stereocenters. The fourth-order valence-electron chi connectivity index (χ4n) is 2.22. The van der Waals surface area contributed by atoms with Gasteiger partial charge in [-0.2, -0.15) is 10.1 Å². The Morgan fingerprint density at radius 1 is 1.16 bits per heavy atom. The van der Waals surface area contributed by atoms with Gasteiger partial charge in [-0.1, -0.05) is 18.2 Å². The lowest BCUT2D eigenvalue weighted by Crippen LogP contribution is -2.29. The van der Waals surface area contributed by atoms with Crippen LogP contribution in [0.2, 0.25) is 0 Å². The molecule has 0 aliphatic carbocycles. The Morgan fingerprint density at radius 2 is 1.80 bits per heavy atom. The van der Waals surface area contributed by atoms with Gasteiger partial charge >= 0.3 is 5.91 Å². The van der Waals surface area contributed by atoms with Crippen molar-refractivity contribution in [2.24, 2.45) is 10.2 Å². The molecule has 3 rings (SSSR count). The van der Waals surface area contributed by atoms with Crippen molar-refractivity contribution in [2.75, 3.05) is 10.2 Å². The summed E-state index contributed by atoms with van der Waals surface area (Å²) < 4.78 is 0. The first-order chi connectivity index (χ1) is 12.0. The number of amides is 1. The second kappa shape index (κ2) is 6.49. The van der Waals surface area contributed by atoms with Gasteiger partial charge in [0.25, 0.3) is 5.69 Å². The van der Waals surface area contributed by atoms with Crippen LogP contribution in [0.4, 0.5) is 17.1 Å². The summed E-state index contributed by atoms with van der Waals surface area (Å²) in [7, 11) is 0. The average Bonchev–Trinajstić information content (AvgIpc) is 2.90. The van der Waals surface area contributed by atoms with Crippen molar-refractivity contribution in [1.29, 1.82) is 0 Å². The van der Waals surface area contributed by atoms with E-state index in [0.717, 1.165) is 0 Å². The molecule has 126 valence electrons. The molecule has 9 nitrogen and oxygen atoms in total. The largest absolute Gasteiger partial charge is 0.301 e. The quantitative estimate of drug-likeness (QED) is 0.679. The number of nitrogens with zero attached hydrogens (tertiary/aromatic N) is 5. The standard InChI is InChI=1S/C16H13N5O4/c1-11-15(16(22)19(17-11)12-5-3-2-4-6-12)18-20(23)13-7-9-14(10-8-13)21(24)25/h2-10,23H,1H3. The maximum absolute atomic E-state index is 12.5. The van der Waals surface area contributed by atoms with Crippen LogP contribution in [0.1, 0.15) is 6.92 Å². The van der Waals surface area contributed by atoms with Gasteiger partial charge in [-0.15, -0.1) is 10.3 Å². The van der Waals surface area contributed by atoms with Crippen LogP contribution in [0.15, 0.2) is 64.8 Å². The minimum absolute atomic E-state index is 0.0234. The molecule has 0 radical (unpaired) electrons. The van der Waals surface area contributed by atoms with Gasteiger partial charge in [-0.25, -0.2) is 0 Å². The molecule has 1 aliphatic heterocycles. The van der Waals surface area contributed by atoms with Crippen molar-refractivity contribution in [2.45, 2.75) is 6.92 Å². The SMILES string of the molecule is CC1=NN(c2ccccc2)C(=O)C1=NN(O)c1ccc([N+](=O)[O-])cc1. The average molecular weight is 339 g/mol. The smallest absolute Gasteiger partial charge is 0.267 e. The number of carbonyl (C=O) groups is 1. The first-order valence-corrected chi connectivity index (χ1v) is 7.24. The first-order valence-electron chi connectivity index (χ1n) is 7.24. The Balaban J connectivity index is 1.84. The van der Waals surface area contributed by atoms with Gasteiger partial charge in [0.05, 0.1) is 22.0 Å². The van der Waals surface area contributed by atoms with Crippen molar-refractivity contribution in [3.05, 3.63) is 64.7 Å². The number of anilines is 2. The molecule has 0 fully saturated rings. The van der Waals surface area contributed by atoms with Crippen molar-refractivity contribution in [1.82, 2.24) is 0 Å². The second-order valence-corrected chi connectivity index (χ2v) is 5.15. The fraction of sp³-hybridized carbons (Fsp3) is 0.0625. The van der Waals surface area contributed by atoms with Gasteiger partial charge in [0.2, 0.25) is 0 Å². The lowest BCUT2D eigenvalue weighted by atomic mass is 10.2. The summed E-state index contributed by atoms with van der Waals surface area (Å²) in [5.41, 5.74) is 0.961. The topological polar surface area (TPSA) is 112 Å². The van der Waals surface area contributed by atoms with Crippen LogP contribution in [0.25, 0.3) is 0 Å². The molecule has 0 aromatic heterocycles. The third kappa shape index (κ3) is 3.21. The highest BCUT2D eigenvalue weighted by atomic mass is 16.6. The number of hydrogen-bond donors (Lipinski definition) is 1. The zero-order valence-corrected chi connectivity index (χ0v) is 13.1. The molecular formula is C16H13N5O4. The lowest BCUT2D eigenvalue weighted by molar-refractivity contribution is -0.384. The van der Waals surface area contributed by atoms with Crippen LogP contribution in [0.3, 0.4) is 0 Å². The van der Waals surface area contributed by atoms with Gasteiger partial charge in [0.1, 0.15) is 0 Å². The van der Waals surface area contributed by atoms with E-state index in [1.807, 2.05) is 6.07 Å². The predicted octanol–water partition coefficient (Wildman–Crippen LogP) is 2.57. The van der Waals surface area contributed by atoms with E-state index in [4.69, 9.17) is 0 Å². The minimum atomic E-state index is -0.549. The van der Waals surface area contributed by atoms with E-state index in [0.29, 0.717) is 16.6 Å². The number of para-hydroxylation sites is 1. The molecule has 0 bridgehead atoms. The molecule has 0 saturated heterocycles. The number of benzene rings is 2. The Bertz CT molecular complexity index is 877. The third-order valence-electron chi connectivity index (χ3n) is 3.47. The number of nitro benzene ring substituents is 1. The molecular weight excluding hydrogens is 326 g/mol. The number of hydrazone groups is 2. The summed E-state index contributed by atoms with van der Waals surface area (Å²) in [6, 6.07) is 13.9. The molecule has 0 unspecified atom stereocenters. The molecule has 2 aromatic carbocycles. The van der Waals surface area contributed by atoms with E-state index in [9.17, 15) is 20.1 Å². The van der Waals surface area contributed by atoms with Gasteiger partial charge in [0.15, 0.2) is 5.71 Å². The second-order valence-electron chi connectivity index (χ2n) is 5.15. The van der Waals surface area contributed by atoms with Gasteiger partial charge in [-0.05, 0) is 31.2 Å². The molecule has 9 heteroatoms. The monoisotopic (exact) mass is 339 g/mol. The van der Waals surface area contributed by atoms with Crippen LogP contribution < -0.4 is 10.2 Å². The van der Waals surface area contributed by atoms with E-state index in [1.54, 1.807) is 31.2 Å². The predicted molar refractivity (Wildman–Crippen MR) is 91.8 cm³/mol. The molecule has 1 aliphatic rings. The summed E-state index contributed by atoms with van der Waals surface area (Å²) in [6.07, 6.45) is 0. The number of non-ortho nitro benzene ring substituents is 1. The van der Waals surface area contributed by atoms with Crippen molar-refractivity contribution in [3.8, 4) is 0 Å².